The second kappa shape index (κ2) is 8.32. The lowest BCUT2D eigenvalue weighted by atomic mass is 10.1. The van der Waals surface area contributed by atoms with Crippen molar-refractivity contribution in [3.63, 3.8) is 0 Å². The predicted molar refractivity (Wildman–Crippen MR) is 60.8 cm³/mol. The van der Waals surface area contributed by atoms with Crippen molar-refractivity contribution < 1.29 is 0 Å². The van der Waals surface area contributed by atoms with Gasteiger partial charge in [-0.3, -0.25) is 0 Å². The van der Waals surface area contributed by atoms with Crippen LogP contribution in [0, 0.1) is 6.92 Å². The van der Waals surface area contributed by atoms with Crippen molar-refractivity contribution in [3.8, 4) is 0 Å². The Kier molecular flexibility index (Phi) is 12.0. The van der Waals surface area contributed by atoms with Gasteiger partial charge in [0.05, 0.1) is 0 Å². The molecule has 0 atom stereocenters. The number of aryl methyl sites for hydroxylation is 2. The van der Waals surface area contributed by atoms with Gasteiger partial charge in [0.2, 0.25) is 0 Å². The summed E-state index contributed by atoms with van der Waals surface area (Å²) < 4.78 is 0. The highest BCUT2D eigenvalue weighted by molar-refractivity contribution is 5.20. The third kappa shape index (κ3) is 4.95. The number of rotatable bonds is 1. The van der Waals surface area contributed by atoms with Gasteiger partial charge in [0.15, 0.2) is 0 Å². The van der Waals surface area contributed by atoms with Gasteiger partial charge in [-0.05, 0) is 18.9 Å². The highest BCUT2D eigenvalue weighted by atomic mass is 13.9. The zero-order valence-electron chi connectivity index (χ0n) is 6.02. The summed E-state index contributed by atoms with van der Waals surface area (Å²) in [5.74, 6) is 0. The first-order chi connectivity index (χ1) is 4.33. The molecule has 0 aromatic heterocycles. The van der Waals surface area contributed by atoms with E-state index in [1.807, 2.05) is 0 Å². The van der Waals surface area contributed by atoms with E-state index in [2.05, 4.69) is 38.1 Å². The third-order valence-corrected chi connectivity index (χ3v) is 1.53. The molecule has 72 valence electrons. The molecule has 0 amide bonds. The van der Waals surface area contributed by atoms with E-state index in [0.717, 1.165) is 6.42 Å². The SMILES string of the molecule is C.C.C.CCc1ccc(C)cc1. The minimum Gasteiger partial charge on any atom is -0.0776 e. The van der Waals surface area contributed by atoms with Crippen LogP contribution in [0.4, 0.5) is 0 Å². The molecule has 0 nitrogen and oxygen atoms in total. The molecule has 0 saturated carbocycles. The summed E-state index contributed by atoms with van der Waals surface area (Å²) in [4.78, 5) is 0. The maximum atomic E-state index is 2.18. The van der Waals surface area contributed by atoms with Gasteiger partial charge in [0.25, 0.3) is 0 Å². The highest BCUT2D eigenvalue weighted by Gasteiger charge is 1.84. The molecule has 0 heterocycles. The fourth-order valence-corrected chi connectivity index (χ4v) is 0.824. The summed E-state index contributed by atoms with van der Waals surface area (Å²) in [5, 5.41) is 0. The Balaban J connectivity index is -0.000000270. The number of benzene rings is 1. The average molecular weight is 168 g/mol. The lowest BCUT2D eigenvalue weighted by Crippen LogP contribution is -1.77. The zero-order chi connectivity index (χ0) is 6.69. The van der Waals surface area contributed by atoms with Crippen molar-refractivity contribution in [2.45, 2.75) is 42.5 Å². The second-order valence-electron chi connectivity index (χ2n) is 2.34. The summed E-state index contributed by atoms with van der Waals surface area (Å²) in [6.45, 7) is 4.28. The van der Waals surface area contributed by atoms with Crippen LogP contribution in [0.15, 0.2) is 24.3 Å². The van der Waals surface area contributed by atoms with E-state index in [-0.39, 0.29) is 22.3 Å². The van der Waals surface area contributed by atoms with Gasteiger partial charge in [-0.2, -0.15) is 0 Å². The van der Waals surface area contributed by atoms with E-state index in [9.17, 15) is 0 Å². The van der Waals surface area contributed by atoms with Crippen molar-refractivity contribution in [1.29, 1.82) is 0 Å². The molecule has 12 heavy (non-hydrogen) atoms. The first kappa shape index (κ1) is 17.3. The first-order valence-corrected chi connectivity index (χ1v) is 3.38. The normalized spacial score (nSPS) is 7.17. The summed E-state index contributed by atoms with van der Waals surface area (Å²) in [6.07, 6.45) is 1.14. The molecule has 0 radical (unpaired) electrons. The Bertz CT molecular complexity index is 172. The van der Waals surface area contributed by atoms with E-state index < -0.39 is 0 Å². The van der Waals surface area contributed by atoms with E-state index in [1.54, 1.807) is 0 Å². The van der Waals surface area contributed by atoms with Gasteiger partial charge in [-0.25, -0.2) is 0 Å². The molecular formula is C12H24. The quantitative estimate of drug-likeness (QED) is 0.580. The minimum absolute atomic E-state index is 0. The van der Waals surface area contributed by atoms with Gasteiger partial charge < -0.3 is 0 Å². The van der Waals surface area contributed by atoms with Crippen LogP contribution in [0.25, 0.3) is 0 Å². The van der Waals surface area contributed by atoms with Crippen LogP contribution >= 0.6 is 0 Å². The van der Waals surface area contributed by atoms with Crippen LogP contribution in [0.3, 0.4) is 0 Å². The smallest absolute Gasteiger partial charge is 0.0307 e. The van der Waals surface area contributed by atoms with Crippen LogP contribution in [0.5, 0.6) is 0 Å². The van der Waals surface area contributed by atoms with Crippen molar-refractivity contribution >= 4 is 0 Å². The topological polar surface area (TPSA) is 0 Å². The lowest BCUT2D eigenvalue weighted by molar-refractivity contribution is 1.14. The Hall–Kier alpha value is -0.780. The summed E-state index contributed by atoms with van der Waals surface area (Å²) in [6, 6.07) is 8.66. The molecule has 1 aromatic carbocycles. The van der Waals surface area contributed by atoms with Crippen molar-refractivity contribution in [3.05, 3.63) is 35.4 Å². The van der Waals surface area contributed by atoms with Gasteiger partial charge in [0.1, 0.15) is 0 Å². The molecule has 1 aromatic rings. The Labute approximate surface area is 78.6 Å². The second-order valence-corrected chi connectivity index (χ2v) is 2.34. The van der Waals surface area contributed by atoms with E-state index in [0.29, 0.717) is 0 Å². The van der Waals surface area contributed by atoms with Crippen molar-refractivity contribution in [1.82, 2.24) is 0 Å². The number of hydrogen-bond donors (Lipinski definition) is 0. The first-order valence-electron chi connectivity index (χ1n) is 3.38. The molecule has 0 bridgehead atoms. The summed E-state index contributed by atoms with van der Waals surface area (Å²) in [7, 11) is 0. The monoisotopic (exact) mass is 168 g/mol. The molecule has 0 saturated heterocycles. The zero-order valence-corrected chi connectivity index (χ0v) is 6.02. The molecule has 0 aliphatic heterocycles. The third-order valence-electron chi connectivity index (χ3n) is 1.53. The Morgan fingerprint density at radius 3 is 1.67 bits per heavy atom. The molecule has 0 aliphatic carbocycles. The van der Waals surface area contributed by atoms with Crippen molar-refractivity contribution in [2.75, 3.05) is 0 Å². The standard InChI is InChI=1S/C9H12.3CH4/c1-3-9-6-4-8(2)5-7-9;;;/h4-7H,3H2,1-2H3;3*1H4. The summed E-state index contributed by atoms with van der Waals surface area (Å²) >= 11 is 0. The fraction of sp³-hybridized carbons (Fsp3) is 0.500. The average Bonchev–Trinajstić information content (AvgIpc) is 1.90. The Morgan fingerprint density at radius 2 is 1.33 bits per heavy atom. The molecule has 0 spiro atoms. The largest absolute Gasteiger partial charge is 0.0776 e. The predicted octanol–water partition coefficient (Wildman–Crippen LogP) is 4.47. The fourth-order valence-electron chi connectivity index (χ4n) is 0.824. The minimum atomic E-state index is 0. The molecular weight excluding hydrogens is 144 g/mol. The van der Waals surface area contributed by atoms with Crippen LogP contribution in [-0.4, -0.2) is 0 Å². The van der Waals surface area contributed by atoms with Crippen LogP contribution in [0.2, 0.25) is 0 Å². The summed E-state index contributed by atoms with van der Waals surface area (Å²) in [5.41, 5.74) is 2.76. The van der Waals surface area contributed by atoms with Crippen molar-refractivity contribution in [2.24, 2.45) is 0 Å². The van der Waals surface area contributed by atoms with Crippen LogP contribution < -0.4 is 0 Å². The maximum Gasteiger partial charge on any atom is -0.0307 e. The maximum absolute atomic E-state index is 2.18. The van der Waals surface area contributed by atoms with Gasteiger partial charge in [-0.15, -0.1) is 0 Å². The molecule has 0 unspecified atom stereocenters. The van der Waals surface area contributed by atoms with E-state index >= 15 is 0 Å². The molecule has 0 N–H and O–H groups in total. The highest BCUT2D eigenvalue weighted by Crippen LogP contribution is 2.02. The van der Waals surface area contributed by atoms with E-state index in [4.69, 9.17) is 0 Å². The number of hydrogen-bond acceptors (Lipinski definition) is 0. The van der Waals surface area contributed by atoms with E-state index in [1.165, 1.54) is 11.1 Å². The van der Waals surface area contributed by atoms with Gasteiger partial charge >= 0.3 is 0 Å². The molecule has 0 heteroatoms. The molecule has 1 rings (SSSR count). The van der Waals surface area contributed by atoms with Gasteiger partial charge in [0, 0.05) is 0 Å². The molecule has 0 fully saturated rings. The Morgan fingerprint density at radius 1 is 0.917 bits per heavy atom. The lowest BCUT2D eigenvalue weighted by Gasteiger charge is -1.94. The van der Waals surface area contributed by atoms with Crippen LogP contribution in [-0.2, 0) is 6.42 Å². The molecule has 0 aliphatic rings. The van der Waals surface area contributed by atoms with Gasteiger partial charge in [-0.1, -0.05) is 59.0 Å². The van der Waals surface area contributed by atoms with Crippen LogP contribution in [0.1, 0.15) is 40.3 Å².